The summed E-state index contributed by atoms with van der Waals surface area (Å²) in [6, 6.07) is 55.8. The quantitative estimate of drug-likeness (QED) is 0.0418. The normalized spacial score (nSPS) is 11.1. The van der Waals surface area contributed by atoms with Gasteiger partial charge in [-0.15, -0.1) is 19.7 Å². The third-order valence-corrected chi connectivity index (χ3v) is 15.3. The fourth-order valence-corrected chi connectivity index (χ4v) is 10.1. The molecule has 0 bridgehead atoms. The average Bonchev–Trinajstić information content (AvgIpc) is 2.74. The molecule has 0 fully saturated rings. The van der Waals surface area contributed by atoms with E-state index in [1.807, 2.05) is 203 Å². The Morgan fingerprint density at radius 3 is 0.517 bits per heavy atom. The van der Waals surface area contributed by atoms with Gasteiger partial charge in [0.1, 0.15) is 0 Å². The van der Waals surface area contributed by atoms with Crippen LogP contribution < -0.4 is 0 Å². The second kappa shape index (κ2) is 34.2. The standard InChI is InChI=1S/C28H28F2.C27H26F2.C26H24F2/c1-3-5-7-9-21-11-15-23(16-12-21)25-19-20-26(28(30)27(25)29)24-17-13-22(14-18-24)10-8-6-4-2;1-3-5-7-9-21-12-16-23(17-13-21)25-19-18-24(26(28)27(25)29)22-14-10-20(11-15-22)8-6-4-2;1-3-5-7-19-9-13-21(14-10-19)23-17-18-24(26(28)25(23)27)22-15-11-20(12-16-22)8-6-4-2/h3-6,11-20H,7-10H2,1-2H3;3-5,10-19H,2,6-9H2,1H3;3-4,9-18H,1-2,5-8H2/b5-3+,6-4+;5-3+;. The van der Waals surface area contributed by atoms with E-state index in [-0.39, 0.29) is 22.3 Å². The van der Waals surface area contributed by atoms with E-state index in [1.54, 1.807) is 36.4 Å². The van der Waals surface area contributed by atoms with Gasteiger partial charge >= 0.3 is 0 Å². The molecule has 6 heteroatoms. The maximum atomic E-state index is 14.9. The van der Waals surface area contributed by atoms with E-state index in [9.17, 15) is 26.3 Å². The smallest absolute Gasteiger partial charge is 0.167 e. The lowest BCUT2D eigenvalue weighted by Crippen LogP contribution is -1.95. The molecule has 444 valence electrons. The summed E-state index contributed by atoms with van der Waals surface area (Å²) in [5.41, 5.74) is 12.8. The predicted molar refractivity (Wildman–Crippen MR) is 357 cm³/mol. The average molecular weight is 1170 g/mol. The number of benzene rings is 9. The minimum absolute atomic E-state index is 0.277. The third kappa shape index (κ3) is 18.5. The first-order chi connectivity index (χ1) is 42.4. The fourth-order valence-electron chi connectivity index (χ4n) is 10.1. The molecule has 87 heavy (non-hydrogen) atoms. The van der Waals surface area contributed by atoms with Crippen LogP contribution in [0.4, 0.5) is 26.3 Å². The predicted octanol–water partition coefficient (Wildman–Crippen LogP) is 23.8. The van der Waals surface area contributed by atoms with Crippen LogP contribution in [-0.2, 0) is 38.5 Å². The monoisotopic (exact) mass is 1160 g/mol. The van der Waals surface area contributed by atoms with Gasteiger partial charge in [-0.25, -0.2) is 26.3 Å². The number of hydrogen-bond donors (Lipinski definition) is 0. The first kappa shape index (κ1) is 65.5. The second-order valence-electron chi connectivity index (χ2n) is 21.4. The van der Waals surface area contributed by atoms with Gasteiger partial charge in [0.05, 0.1) is 0 Å². The zero-order chi connectivity index (χ0) is 61.9. The molecule has 0 radical (unpaired) electrons. The summed E-state index contributed by atoms with van der Waals surface area (Å²) in [7, 11) is 0. The van der Waals surface area contributed by atoms with E-state index in [1.165, 1.54) is 16.7 Å². The maximum absolute atomic E-state index is 14.9. The Balaban J connectivity index is 0.000000187. The van der Waals surface area contributed by atoms with E-state index < -0.39 is 34.9 Å². The lowest BCUT2D eigenvalue weighted by molar-refractivity contribution is 0.514. The summed E-state index contributed by atoms with van der Waals surface area (Å²) < 4.78 is 89.0. The highest BCUT2D eigenvalue weighted by Gasteiger charge is 2.19. The molecule has 0 spiro atoms. The first-order valence-electron chi connectivity index (χ1n) is 30.1. The minimum Gasteiger partial charge on any atom is -0.203 e. The van der Waals surface area contributed by atoms with Gasteiger partial charge in [0.15, 0.2) is 34.9 Å². The highest BCUT2D eigenvalue weighted by atomic mass is 19.2. The van der Waals surface area contributed by atoms with E-state index >= 15 is 0 Å². The Morgan fingerprint density at radius 2 is 0.379 bits per heavy atom. The lowest BCUT2D eigenvalue weighted by Gasteiger charge is -2.10. The van der Waals surface area contributed by atoms with Crippen LogP contribution in [-0.4, -0.2) is 0 Å². The zero-order valence-electron chi connectivity index (χ0n) is 50.4. The van der Waals surface area contributed by atoms with Crippen LogP contribution in [0.2, 0.25) is 0 Å². The SMILES string of the molecule is C/C=C/CCc1ccc(-c2ccc(-c3ccc(CC/C=C/C)cc3)c(F)c2F)cc1.C=CCCc1ccc(-c2ccc(-c3ccc(CC/C=C/C)cc3)c(F)c2F)cc1.C=CCCc1ccc(-c2ccc(-c3ccc(CCC=C)cc3)c(F)c2F)cc1. The van der Waals surface area contributed by atoms with Gasteiger partial charge in [-0.3, -0.25) is 0 Å². The molecular weight excluding hydrogens is 1090 g/mol. The van der Waals surface area contributed by atoms with E-state index in [0.29, 0.717) is 44.5 Å². The Hall–Kier alpha value is -9.00. The molecule has 0 unspecified atom stereocenters. The van der Waals surface area contributed by atoms with Gasteiger partial charge in [0, 0.05) is 33.4 Å². The van der Waals surface area contributed by atoms with Crippen molar-refractivity contribution in [1.82, 2.24) is 0 Å². The molecule has 0 aliphatic carbocycles. The fraction of sp³-hybridized carbons (Fsp3) is 0.185. The molecule has 9 rings (SSSR count). The molecule has 0 saturated heterocycles. The van der Waals surface area contributed by atoms with Crippen molar-refractivity contribution >= 4 is 0 Å². The van der Waals surface area contributed by atoms with Crippen molar-refractivity contribution in [2.45, 2.75) is 97.8 Å². The molecule has 0 amide bonds. The van der Waals surface area contributed by atoms with Crippen LogP contribution in [0, 0.1) is 34.9 Å². The van der Waals surface area contributed by atoms with Crippen LogP contribution in [0.3, 0.4) is 0 Å². The summed E-state index contributed by atoms with van der Waals surface area (Å²) in [6.45, 7) is 17.2. The van der Waals surface area contributed by atoms with E-state index in [2.05, 4.69) is 38.0 Å². The summed E-state index contributed by atoms with van der Waals surface area (Å²) in [6.07, 6.45) is 29.1. The van der Waals surface area contributed by atoms with Crippen molar-refractivity contribution < 1.29 is 26.3 Å². The summed E-state index contributed by atoms with van der Waals surface area (Å²) >= 11 is 0. The van der Waals surface area contributed by atoms with Crippen LogP contribution >= 0.6 is 0 Å². The van der Waals surface area contributed by atoms with Crippen molar-refractivity contribution in [3.63, 3.8) is 0 Å². The van der Waals surface area contributed by atoms with Gasteiger partial charge in [-0.1, -0.05) is 237 Å². The lowest BCUT2D eigenvalue weighted by atomic mass is 9.96. The van der Waals surface area contributed by atoms with Crippen molar-refractivity contribution in [3.8, 4) is 66.8 Å². The molecule has 0 aliphatic heterocycles. The van der Waals surface area contributed by atoms with Crippen LogP contribution in [0.1, 0.15) is 92.7 Å². The molecule has 9 aromatic rings. The second-order valence-corrected chi connectivity index (χ2v) is 21.4. The molecule has 0 atom stereocenters. The van der Waals surface area contributed by atoms with Crippen molar-refractivity contribution in [1.29, 1.82) is 0 Å². The minimum atomic E-state index is -0.813. The first-order valence-corrected chi connectivity index (χ1v) is 30.1. The van der Waals surface area contributed by atoms with Gasteiger partial charge < -0.3 is 0 Å². The molecule has 0 aromatic heterocycles. The molecule has 0 saturated carbocycles. The summed E-state index contributed by atoms with van der Waals surface area (Å²) in [4.78, 5) is 0. The van der Waals surface area contributed by atoms with Gasteiger partial charge in [-0.05, 0) is 165 Å². The number of hydrogen-bond acceptors (Lipinski definition) is 0. The summed E-state index contributed by atoms with van der Waals surface area (Å²) in [5.74, 6) is -4.84. The molecule has 0 heterocycles. The molecular formula is C81H78F6. The van der Waals surface area contributed by atoms with Crippen molar-refractivity contribution in [2.24, 2.45) is 0 Å². The number of rotatable bonds is 24. The van der Waals surface area contributed by atoms with Crippen molar-refractivity contribution in [3.05, 3.63) is 325 Å². The van der Waals surface area contributed by atoms with Gasteiger partial charge in [0.2, 0.25) is 0 Å². The van der Waals surface area contributed by atoms with E-state index in [0.717, 1.165) is 93.7 Å². The number of allylic oxidation sites excluding steroid dienone is 9. The number of halogens is 6. The Bertz CT molecular complexity index is 3570. The van der Waals surface area contributed by atoms with Crippen LogP contribution in [0.15, 0.2) is 256 Å². The number of aryl methyl sites for hydroxylation is 6. The zero-order valence-corrected chi connectivity index (χ0v) is 50.4. The topological polar surface area (TPSA) is 0 Å². The molecule has 9 aromatic carbocycles. The van der Waals surface area contributed by atoms with Crippen LogP contribution in [0.25, 0.3) is 66.8 Å². The summed E-state index contributed by atoms with van der Waals surface area (Å²) in [5, 5.41) is 0. The Morgan fingerprint density at radius 1 is 0.230 bits per heavy atom. The highest BCUT2D eigenvalue weighted by molar-refractivity contribution is 5.75. The van der Waals surface area contributed by atoms with Crippen molar-refractivity contribution in [2.75, 3.05) is 0 Å². The maximum Gasteiger partial charge on any atom is 0.167 e. The van der Waals surface area contributed by atoms with Gasteiger partial charge in [0.25, 0.3) is 0 Å². The largest absolute Gasteiger partial charge is 0.203 e. The molecule has 0 aliphatic rings. The molecule has 0 N–H and O–H groups in total. The third-order valence-electron chi connectivity index (χ3n) is 15.3. The van der Waals surface area contributed by atoms with E-state index in [4.69, 9.17) is 0 Å². The van der Waals surface area contributed by atoms with Crippen LogP contribution in [0.5, 0.6) is 0 Å². The Kier molecular flexibility index (Phi) is 25.8. The molecule has 0 nitrogen and oxygen atoms in total. The Labute approximate surface area is 513 Å². The highest BCUT2D eigenvalue weighted by Crippen LogP contribution is 2.35. The van der Waals surface area contributed by atoms with Gasteiger partial charge in [-0.2, -0.15) is 0 Å².